The van der Waals surface area contributed by atoms with Crippen LogP contribution in [0.5, 0.6) is 5.75 Å². The van der Waals surface area contributed by atoms with Crippen LogP contribution in [0.2, 0.25) is 0 Å². The van der Waals surface area contributed by atoms with Gasteiger partial charge in [-0.1, -0.05) is 43.8 Å². The summed E-state index contributed by atoms with van der Waals surface area (Å²) in [6, 6.07) is 19.3. The minimum absolute atomic E-state index is 0.0958. The third-order valence-corrected chi connectivity index (χ3v) is 6.42. The van der Waals surface area contributed by atoms with Crippen molar-refractivity contribution in [1.29, 1.82) is 0 Å². The molecule has 1 unspecified atom stereocenters. The molecule has 0 saturated carbocycles. The zero-order chi connectivity index (χ0) is 23.9. The standard InChI is InChI=1S/C26H28N4O3S/c1-4-18(3)21-9-6-7-10-22(21)27-24(31)17-34-26-29-28-25(23-11-8-16-33-23)30(26)19-12-14-20(15-13-19)32-5-2/h6-16,18H,4-5,17H2,1-3H3,(H,27,31). The molecule has 1 amide bonds. The molecule has 1 atom stereocenters. The topological polar surface area (TPSA) is 82.2 Å². The minimum Gasteiger partial charge on any atom is -0.494 e. The summed E-state index contributed by atoms with van der Waals surface area (Å²) in [6.07, 6.45) is 2.60. The average Bonchev–Trinajstić information content (AvgIpc) is 3.53. The van der Waals surface area contributed by atoms with Crippen molar-refractivity contribution in [3.05, 3.63) is 72.5 Å². The first kappa shape index (κ1) is 23.6. The molecule has 0 aliphatic heterocycles. The molecule has 0 radical (unpaired) electrons. The van der Waals surface area contributed by atoms with E-state index in [-0.39, 0.29) is 11.7 Å². The molecule has 0 saturated heterocycles. The molecule has 0 spiro atoms. The number of amides is 1. The summed E-state index contributed by atoms with van der Waals surface area (Å²) in [4.78, 5) is 12.8. The third kappa shape index (κ3) is 5.34. The zero-order valence-corrected chi connectivity index (χ0v) is 20.3. The molecule has 7 nitrogen and oxygen atoms in total. The van der Waals surface area contributed by atoms with Crippen molar-refractivity contribution in [3.63, 3.8) is 0 Å². The van der Waals surface area contributed by atoms with Crippen molar-refractivity contribution in [1.82, 2.24) is 14.8 Å². The predicted octanol–water partition coefficient (Wildman–Crippen LogP) is 6.17. The van der Waals surface area contributed by atoms with Crippen LogP contribution in [0.4, 0.5) is 5.69 Å². The van der Waals surface area contributed by atoms with Crippen LogP contribution in [0.15, 0.2) is 76.5 Å². The van der Waals surface area contributed by atoms with E-state index in [4.69, 9.17) is 9.15 Å². The van der Waals surface area contributed by atoms with Gasteiger partial charge in [0, 0.05) is 5.69 Å². The molecule has 0 aliphatic carbocycles. The minimum atomic E-state index is -0.0958. The van der Waals surface area contributed by atoms with Crippen molar-refractivity contribution in [3.8, 4) is 23.0 Å². The van der Waals surface area contributed by atoms with E-state index in [9.17, 15) is 4.79 Å². The van der Waals surface area contributed by atoms with Gasteiger partial charge in [0.05, 0.1) is 24.3 Å². The van der Waals surface area contributed by atoms with Crippen molar-refractivity contribution >= 4 is 23.4 Å². The fraction of sp³-hybridized carbons (Fsp3) is 0.269. The molecule has 2 aromatic heterocycles. The normalized spacial score (nSPS) is 11.9. The molecule has 0 aliphatic rings. The number of ether oxygens (including phenoxy) is 1. The molecule has 34 heavy (non-hydrogen) atoms. The van der Waals surface area contributed by atoms with E-state index in [2.05, 4.69) is 35.4 Å². The van der Waals surface area contributed by atoms with Gasteiger partial charge in [-0.2, -0.15) is 0 Å². The fourth-order valence-corrected chi connectivity index (χ4v) is 4.35. The summed E-state index contributed by atoms with van der Waals surface area (Å²) >= 11 is 1.33. The largest absolute Gasteiger partial charge is 0.494 e. The number of thioether (sulfide) groups is 1. The Hall–Kier alpha value is -3.52. The number of hydrogen-bond acceptors (Lipinski definition) is 6. The lowest BCUT2D eigenvalue weighted by Crippen LogP contribution is -2.16. The Morgan fingerprint density at radius 2 is 1.88 bits per heavy atom. The lowest BCUT2D eigenvalue weighted by atomic mass is 9.97. The molecule has 2 aromatic carbocycles. The molecular weight excluding hydrogens is 448 g/mol. The molecule has 1 N–H and O–H groups in total. The quantitative estimate of drug-likeness (QED) is 0.276. The van der Waals surface area contributed by atoms with Gasteiger partial charge in [-0.05, 0) is 67.3 Å². The number of furan rings is 1. The van der Waals surface area contributed by atoms with Gasteiger partial charge in [0.1, 0.15) is 5.75 Å². The fourth-order valence-electron chi connectivity index (χ4n) is 3.60. The monoisotopic (exact) mass is 476 g/mol. The van der Waals surface area contributed by atoms with Crippen LogP contribution in [0, 0.1) is 0 Å². The lowest BCUT2D eigenvalue weighted by Gasteiger charge is -2.15. The van der Waals surface area contributed by atoms with Crippen LogP contribution < -0.4 is 10.1 Å². The molecular formula is C26H28N4O3S. The van der Waals surface area contributed by atoms with E-state index in [1.807, 2.05) is 66.1 Å². The Morgan fingerprint density at radius 1 is 1.09 bits per heavy atom. The Labute approximate surface area is 203 Å². The molecule has 2 heterocycles. The van der Waals surface area contributed by atoms with Gasteiger partial charge in [-0.15, -0.1) is 10.2 Å². The maximum atomic E-state index is 12.8. The number of para-hydroxylation sites is 1. The third-order valence-electron chi connectivity index (χ3n) is 5.49. The van der Waals surface area contributed by atoms with E-state index in [1.165, 1.54) is 11.8 Å². The van der Waals surface area contributed by atoms with E-state index >= 15 is 0 Å². The molecule has 4 aromatic rings. The molecule has 176 valence electrons. The van der Waals surface area contributed by atoms with Crippen LogP contribution in [0.1, 0.15) is 38.7 Å². The number of hydrogen-bond donors (Lipinski definition) is 1. The van der Waals surface area contributed by atoms with Crippen LogP contribution >= 0.6 is 11.8 Å². The zero-order valence-electron chi connectivity index (χ0n) is 19.5. The molecule has 0 bridgehead atoms. The van der Waals surface area contributed by atoms with Crippen molar-refractivity contribution < 1.29 is 13.9 Å². The van der Waals surface area contributed by atoms with E-state index in [0.29, 0.717) is 29.3 Å². The highest BCUT2D eigenvalue weighted by Gasteiger charge is 2.19. The maximum absolute atomic E-state index is 12.8. The van der Waals surface area contributed by atoms with E-state index < -0.39 is 0 Å². The number of benzene rings is 2. The Bertz CT molecular complexity index is 1220. The van der Waals surface area contributed by atoms with Gasteiger partial charge in [-0.3, -0.25) is 9.36 Å². The number of rotatable bonds is 10. The van der Waals surface area contributed by atoms with E-state index in [0.717, 1.165) is 29.1 Å². The summed E-state index contributed by atoms with van der Waals surface area (Å²) < 4.78 is 13.0. The first-order chi connectivity index (χ1) is 16.6. The number of carbonyl (C=O) groups excluding carboxylic acids is 1. The van der Waals surface area contributed by atoms with Gasteiger partial charge in [-0.25, -0.2) is 0 Å². The summed E-state index contributed by atoms with van der Waals surface area (Å²) in [7, 11) is 0. The number of nitrogens with zero attached hydrogens (tertiary/aromatic N) is 3. The lowest BCUT2D eigenvalue weighted by molar-refractivity contribution is -0.113. The van der Waals surface area contributed by atoms with Crippen LogP contribution in [-0.2, 0) is 4.79 Å². The van der Waals surface area contributed by atoms with Gasteiger partial charge in [0.15, 0.2) is 10.9 Å². The van der Waals surface area contributed by atoms with Crippen molar-refractivity contribution in [2.45, 2.75) is 38.3 Å². The second-order valence-electron chi connectivity index (χ2n) is 7.78. The van der Waals surface area contributed by atoms with Gasteiger partial charge < -0.3 is 14.5 Å². The van der Waals surface area contributed by atoms with E-state index in [1.54, 1.807) is 6.26 Å². The summed E-state index contributed by atoms with van der Waals surface area (Å²) in [6.45, 7) is 6.85. The van der Waals surface area contributed by atoms with Crippen LogP contribution in [0.25, 0.3) is 17.3 Å². The smallest absolute Gasteiger partial charge is 0.234 e. The second-order valence-corrected chi connectivity index (χ2v) is 8.72. The summed E-state index contributed by atoms with van der Waals surface area (Å²) in [5.74, 6) is 2.42. The summed E-state index contributed by atoms with van der Waals surface area (Å²) in [5.41, 5.74) is 2.84. The number of aromatic nitrogens is 3. The molecule has 8 heteroatoms. The predicted molar refractivity (Wildman–Crippen MR) is 135 cm³/mol. The first-order valence-electron chi connectivity index (χ1n) is 11.3. The number of carbonyl (C=O) groups is 1. The van der Waals surface area contributed by atoms with Gasteiger partial charge in [0.25, 0.3) is 0 Å². The van der Waals surface area contributed by atoms with Gasteiger partial charge >= 0.3 is 0 Å². The average molecular weight is 477 g/mol. The van der Waals surface area contributed by atoms with Crippen molar-refractivity contribution in [2.24, 2.45) is 0 Å². The Morgan fingerprint density at radius 3 is 2.59 bits per heavy atom. The maximum Gasteiger partial charge on any atom is 0.234 e. The van der Waals surface area contributed by atoms with Crippen LogP contribution in [-0.4, -0.2) is 33.0 Å². The second kappa shape index (κ2) is 11.1. The molecule has 4 rings (SSSR count). The SMILES string of the molecule is CCOc1ccc(-n2c(SCC(=O)Nc3ccccc3C(C)CC)nnc2-c2ccco2)cc1. The molecule has 0 fully saturated rings. The highest BCUT2D eigenvalue weighted by atomic mass is 32.2. The Kier molecular flexibility index (Phi) is 7.69. The Balaban J connectivity index is 1.55. The van der Waals surface area contributed by atoms with Crippen LogP contribution in [0.3, 0.4) is 0 Å². The highest BCUT2D eigenvalue weighted by Crippen LogP contribution is 2.30. The first-order valence-corrected chi connectivity index (χ1v) is 12.3. The van der Waals surface area contributed by atoms with Crippen molar-refractivity contribution in [2.75, 3.05) is 17.7 Å². The number of nitrogens with one attached hydrogen (secondary N) is 1. The highest BCUT2D eigenvalue weighted by molar-refractivity contribution is 7.99. The summed E-state index contributed by atoms with van der Waals surface area (Å²) in [5, 5.41) is 12.3. The van der Waals surface area contributed by atoms with Gasteiger partial charge in [0.2, 0.25) is 11.7 Å². The number of anilines is 1.